The smallest absolute Gasteiger partial charge is 0.125 e. The van der Waals surface area contributed by atoms with Crippen LogP contribution in [0.3, 0.4) is 0 Å². The summed E-state index contributed by atoms with van der Waals surface area (Å²) < 4.78 is 6.18. The van der Waals surface area contributed by atoms with Crippen molar-refractivity contribution in [1.82, 2.24) is 4.98 Å². The van der Waals surface area contributed by atoms with Crippen LogP contribution in [0, 0.1) is 5.92 Å². The molecule has 1 aromatic heterocycles. The van der Waals surface area contributed by atoms with E-state index in [1.165, 1.54) is 17.7 Å². The zero-order chi connectivity index (χ0) is 14.2. The van der Waals surface area contributed by atoms with Crippen LogP contribution < -0.4 is 0 Å². The summed E-state index contributed by atoms with van der Waals surface area (Å²) in [6, 6.07) is 0. The Balaban J connectivity index is 1.92. The summed E-state index contributed by atoms with van der Waals surface area (Å²) in [6.07, 6.45) is 7.23. The molecule has 1 N–H and O–H groups in total. The van der Waals surface area contributed by atoms with Crippen LogP contribution in [0.1, 0.15) is 74.1 Å². The van der Waals surface area contributed by atoms with Crippen molar-refractivity contribution in [2.24, 2.45) is 5.92 Å². The molecule has 1 saturated carbocycles. The van der Waals surface area contributed by atoms with E-state index in [4.69, 9.17) is 9.72 Å². The first-order valence-corrected chi connectivity index (χ1v) is 8.78. The summed E-state index contributed by atoms with van der Waals surface area (Å²) in [5.74, 6) is 0.795. The minimum atomic E-state index is -0.357. The van der Waals surface area contributed by atoms with E-state index >= 15 is 0 Å². The SMILES string of the molecule is CCOC1(c2nc3c(s2)CCCC3O)CCC(C)CC1. The van der Waals surface area contributed by atoms with Gasteiger partial charge in [0.15, 0.2) is 0 Å². The molecule has 1 aromatic rings. The van der Waals surface area contributed by atoms with Gasteiger partial charge in [-0.3, -0.25) is 0 Å². The average Bonchev–Trinajstić information content (AvgIpc) is 2.88. The van der Waals surface area contributed by atoms with Crippen molar-refractivity contribution < 1.29 is 9.84 Å². The molecule has 0 saturated heterocycles. The van der Waals surface area contributed by atoms with Gasteiger partial charge in [0.25, 0.3) is 0 Å². The molecule has 1 atom stereocenters. The van der Waals surface area contributed by atoms with Gasteiger partial charge < -0.3 is 9.84 Å². The van der Waals surface area contributed by atoms with Crippen molar-refractivity contribution in [2.45, 2.75) is 70.5 Å². The van der Waals surface area contributed by atoms with Gasteiger partial charge in [0.1, 0.15) is 10.6 Å². The molecule has 2 aliphatic rings. The third-order valence-electron chi connectivity index (χ3n) is 4.82. The van der Waals surface area contributed by atoms with Gasteiger partial charge in [0.05, 0.1) is 11.8 Å². The lowest BCUT2D eigenvalue weighted by Gasteiger charge is -2.37. The van der Waals surface area contributed by atoms with E-state index in [-0.39, 0.29) is 11.7 Å². The number of hydrogen-bond donors (Lipinski definition) is 1. The highest BCUT2D eigenvalue weighted by atomic mass is 32.1. The second-order valence-corrected chi connectivity index (χ2v) is 7.43. The third kappa shape index (κ3) is 2.53. The highest BCUT2D eigenvalue weighted by molar-refractivity contribution is 7.11. The number of aromatic nitrogens is 1. The van der Waals surface area contributed by atoms with E-state index in [2.05, 4.69) is 13.8 Å². The van der Waals surface area contributed by atoms with E-state index < -0.39 is 0 Å². The van der Waals surface area contributed by atoms with Crippen LogP contribution in [-0.4, -0.2) is 16.7 Å². The van der Waals surface area contributed by atoms with Crippen LogP contribution in [0.4, 0.5) is 0 Å². The lowest BCUT2D eigenvalue weighted by atomic mass is 9.79. The summed E-state index contributed by atoms with van der Waals surface area (Å²) in [6.45, 7) is 5.13. The largest absolute Gasteiger partial charge is 0.387 e. The highest BCUT2D eigenvalue weighted by Gasteiger charge is 2.40. The lowest BCUT2D eigenvalue weighted by molar-refractivity contribution is -0.0778. The van der Waals surface area contributed by atoms with Gasteiger partial charge in [0, 0.05) is 11.5 Å². The number of rotatable bonds is 3. The molecule has 0 amide bonds. The van der Waals surface area contributed by atoms with Gasteiger partial charge in [-0.25, -0.2) is 4.98 Å². The zero-order valence-electron chi connectivity index (χ0n) is 12.5. The lowest BCUT2D eigenvalue weighted by Crippen LogP contribution is -2.34. The maximum absolute atomic E-state index is 10.1. The Hall–Kier alpha value is -0.450. The topological polar surface area (TPSA) is 42.4 Å². The number of aliphatic hydroxyl groups is 1. The van der Waals surface area contributed by atoms with Crippen molar-refractivity contribution >= 4 is 11.3 Å². The third-order valence-corrected chi connectivity index (χ3v) is 6.13. The number of thiazole rings is 1. The number of aliphatic hydroxyl groups excluding tert-OH is 1. The molecule has 0 aliphatic heterocycles. The molecular formula is C16H25NO2S. The van der Waals surface area contributed by atoms with Gasteiger partial charge in [0.2, 0.25) is 0 Å². The van der Waals surface area contributed by atoms with Gasteiger partial charge in [-0.05, 0) is 57.8 Å². The van der Waals surface area contributed by atoms with Crippen LogP contribution in [0.2, 0.25) is 0 Å². The minimum Gasteiger partial charge on any atom is -0.387 e. The molecule has 1 fully saturated rings. The first-order chi connectivity index (χ1) is 9.64. The molecule has 20 heavy (non-hydrogen) atoms. The van der Waals surface area contributed by atoms with E-state index in [0.29, 0.717) is 0 Å². The zero-order valence-corrected chi connectivity index (χ0v) is 13.3. The van der Waals surface area contributed by atoms with E-state index in [1.54, 1.807) is 11.3 Å². The molecule has 2 aliphatic carbocycles. The maximum Gasteiger partial charge on any atom is 0.125 e. The molecule has 0 spiro atoms. The van der Waals surface area contributed by atoms with Crippen LogP contribution in [0.15, 0.2) is 0 Å². The summed E-state index contributed by atoms with van der Waals surface area (Å²) >= 11 is 1.79. The van der Waals surface area contributed by atoms with Crippen LogP contribution in [-0.2, 0) is 16.8 Å². The Morgan fingerprint density at radius 2 is 2.10 bits per heavy atom. The molecule has 4 heteroatoms. The quantitative estimate of drug-likeness (QED) is 0.918. The normalized spacial score (nSPS) is 34.0. The summed E-state index contributed by atoms with van der Waals surface area (Å²) in [4.78, 5) is 6.10. The number of hydrogen-bond acceptors (Lipinski definition) is 4. The molecule has 0 bridgehead atoms. The highest BCUT2D eigenvalue weighted by Crippen LogP contribution is 2.46. The van der Waals surface area contributed by atoms with E-state index in [0.717, 1.165) is 55.3 Å². The second-order valence-electron chi connectivity index (χ2n) is 6.35. The van der Waals surface area contributed by atoms with Crippen molar-refractivity contribution in [2.75, 3.05) is 6.61 Å². The predicted molar refractivity (Wildman–Crippen MR) is 80.9 cm³/mol. The Morgan fingerprint density at radius 1 is 1.35 bits per heavy atom. The Bertz CT molecular complexity index is 463. The van der Waals surface area contributed by atoms with E-state index in [1.807, 2.05) is 0 Å². The van der Waals surface area contributed by atoms with Crippen molar-refractivity contribution in [1.29, 1.82) is 0 Å². The first kappa shape index (κ1) is 14.5. The Labute approximate surface area is 125 Å². The molecule has 1 heterocycles. The fraction of sp³-hybridized carbons (Fsp3) is 0.812. The maximum atomic E-state index is 10.1. The van der Waals surface area contributed by atoms with Gasteiger partial charge in [-0.15, -0.1) is 11.3 Å². The minimum absolute atomic E-state index is 0.178. The summed E-state index contributed by atoms with van der Waals surface area (Å²) in [7, 11) is 0. The van der Waals surface area contributed by atoms with Crippen LogP contribution >= 0.6 is 11.3 Å². The first-order valence-electron chi connectivity index (χ1n) is 7.96. The molecule has 0 aromatic carbocycles. The average molecular weight is 295 g/mol. The molecule has 1 unspecified atom stereocenters. The summed E-state index contributed by atoms with van der Waals surface area (Å²) in [5, 5.41) is 11.3. The number of aryl methyl sites for hydroxylation is 1. The summed E-state index contributed by atoms with van der Waals surface area (Å²) in [5.41, 5.74) is 0.761. The van der Waals surface area contributed by atoms with Gasteiger partial charge in [-0.1, -0.05) is 6.92 Å². The standard InChI is InChI=1S/C16H25NO2S/c1-3-19-16(9-7-11(2)8-10-16)15-17-14-12(18)5-4-6-13(14)20-15/h11-12,18H,3-10H2,1-2H3. The van der Waals surface area contributed by atoms with E-state index in [9.17, 15) is 5.11 Å². The fourth-order valence-corrected chi connectivity index (χ4v) is 4.87. The monoisotopic (exact) mass is 295 g/mol. The van der Waals surface area contributed by atoms with Crippen molar-refractivity contribution in [3.8, 4) is 0 Å². The second kappa shape index (κ2) is 5.74. The molecule has 0 radical (unpaired) electrons. The molecule has 112 valence electrons. The fourth-order valence-electron chi connectivity index (χ4n) is 3.52. The van der Waals surface area contributed by atoms with Crippen LogP contribution in [0.5, 0.6) is 0 Å². The number of fused-ring (bicyclic) bond motifs is 1. The van der Waals surface area contributed by atoms with Crippen LogP contribution in [0.25, 0.3) is 0 Å². The number of nitrogens with zero attached hydrogens (tertiary/aromatic N) is 1. The molecule has 3 rings (SSSR count). The predicted octanol–water partition coefficient (Wildman–Crippen LogP) is 3.95. The number of ether oxygens (including phenoxy) is 1. The molecular weight excluding hydrogens is 270 g/mol. The Kier molecular flexibility index (Phi) is 4.16. The van der Waals surface area contributed by atoms with Gasteiger partial charge in [-0.2, -0.15) is 0 Å². The van der Waals surface area contributed by atoms with Crippen molar-refractivity contribution in [3.05, 3.63) is 15.6 Å². The Morgan fingerprint density at radius 3 is 2.75 bits per heavy atom. The van der Waals surface area contributed by atoms with Gasteiger partial charge >= 0.3 is 0 Å². The molecule has 3 nitrogen and oxygen atoms in total. The van der Waals surface area contributed by atoms with Crippen molar-refractivity contribution in [3.63, 3.8) is 0 Å².